The molecule has 0 saturated carbocycles. The van der Waals surface area contributed by atoms with Crippen LogP contribution >= 0.6 is 22.6 Å². The Hall–Kier alpha value is -0.190. The van der Waals surface area contributed by atoms with Gasteiger partial charge in [-0.3, -0.25) is 0 Å². The molecular weight excluding hydrogens is 251 g/mol. The maximum atomic E-state index is 3.86. The van der Waals surface area contributed by atoms with Gasteiger partial charge in [-0.15, -0.1) is 0 Å². The molecule has 0 unspecified atom stereocenters. The summed E-state index contributed by atoms with van der Waals surface area (Å²) < 4.78 is 1.19. The molecule has 1 aromatic rings. The van der Waals surface area contributed by atoms with E-state index in [0.29, 0.717) is 0 Å². The molecule has 0 aliphatic rings. The van der Waals surface area contributed by atoms with Gasteiger partial charge in [-0.05, 0) is 33.6 Å². The SMILES string of the molecule is CC(C)(C)c1cnncc1I. The maximum Gasteiger partial charge on any atom is 0.0632 e. The van der Waals surface area contributed by atoms with E-state index in [0.717, 1.165) is 0 Å². The average molecular weight is 262 g/mol. The molecule has 0 spiro atoms. The molecule has 0 N–H and O–H groups in total. The van der Waals surface area contributed by atoms with E-state index in [2.05, 4.69) is 53.6 Å². The normalized spacial score (nSPS) is 11.6. The highest BCUT2D eigenvalue weighted by molar-refractivity contribution is 14.1. The van der Waals surface area contributed by atoms with Crippen LogP contribution in [0, 0.1) is 3.57 Å². The van der Waals surface area contributed by atoms with Crippen LogP contribution in [0.25, 0.3) is 0 Å². The second kappa shape index (κ2) is 3.05. The fourth-order valence-corrected chi connectivity index (χ4v) is 1.93. The van der Waals surface area contributed by atoms with Crippen LogP contribution in [0.4, 0.5) is 0 Å². The predicted molar refractivity (Wildman–Crippen MR) is 53.4 cm³/mol. The summed E-state index contributed by atoms with van der Waals surface area (Å²) in [6.07, 6.45) is 3.63. The Morgan fingerprint density at radius 2 is 1.73 bits per heavy atom. The molecule has 0 aromatic carbocycles. The molecule has 0 bridgehead atoms. The lowest BCUT2D eigenvalue weighted by Crippen LogP contribution is -2.13. The molecule has 2 nitrogen and oxygen atoms in total. The third-order valence-corrected chi connectivity index (χ3v) is 2.35. The fraction of sp³-hybridized carbons (Fsp3) is 0.500. The van der Waals surface area contributed by atoms with E-state index in [9.17, 15) is 0 Å². The van der Waals surface area contributed by atoms with Crippen LogP contribution in [0.5, 0.6) is 0 Å². The standard InChI is InChI=1S/C8H11IN2/c1-8(2,3)6-4-10-11-5-7(6)9/h4-5H,1-3H3. The summed E-state index contributed by atoms with van der Waals surface area (Å²) in [5.41, 5.74) is 1.43. The van der Waals surface area contributed by atoms with E-state index < -0.39 is 0 Å². The van der Waals surface area contributed by atoms with Crippen LogP contribution in [0.2, 0.25) is 0 Å². The van der Waals surface area contributed by atoms with Crippen LogP contribution in [-0.4, -0.2) is 10.2 Å². The van der Waals surface area contributed by atoms with Crippen LogP contribution < -0.4 is 0 Å². The van der Waals surface area contributed by atoms with Crippen molar-refractivity contribution in [3.63, 3.8) is 0 Å². The summed E-state index contributed by atoms with van der Waals surface area (Å²) in [5.74, 6) is 0. The van der Waals surface area contributed by atoms with Gasteiger partial charge in [0.25, 0.3) is 0 Å². The second-order valence-corrected chi connectivity index (χ2v) is 4.66. The van der Waals surface area contributed by atoms with Gasteiger partial charge in [0, 0.05) is 3.57 Å². The minimum absolute atomic E-state index is 0.173. The molecule has 11 heavy (non-hydrogen) atoms. The van der Waals surface area contributed by atoms with Gasteiger partial charge in [0.15, 0.2) is 0 Å². The topological polar surface area (TPSA) is 25.8 Å². The predicted octanol–water partition coefficient (Wildman–Crippen LogP) is 2.38. The van der Waals surface area contributed by atoms with Crippen molar-refractivity contribution in [2.75, 3.05) is 0 Å². The van der Waals surface area contributed by atoms with E-state index in [4.69, 9.17) is 0 Å². The summed E-state index contributed by atoms with van der Waals surface area (Å²) >= 11 is 2.28. The molecular formula is C8H11IN2. The molecule has 3 heteroatoms. The third-order valence-electron chi connectivity index (χ3n) is 1.49. The van der Waals surface area contributed by atoms with E-state index in [-0.39, 0.29) is 5.41 Å². The monoisotopic (exact) mass is 262 g/mol. The zero-order valence-electron chi connectivity index (χ0n) is 6.93. The van der Waals surface area contributed by atoms with E-state index in [1.807, 2.05) is 6.20 Å². The summed E-state index contributed by atoms with van der Waals surface area (Å²) in [6, 6.07) is 0. The average Bonchev–Trinajstić information content (AvgIpc) is 1.86. The Bertz CT molecular complexity index is 253. The van der Waals surface area contributed by atoms with E-state index >= 15 is 0 Å². The van der Waals surface area contributed by atoms with E-state index in [1.54, 1.807) is 6.20 Å². The number of aromatic nitrogens is 2. The molecule has 0 atom stereocenters. The summed E-state index contributed by atoms with van der Waals surface area (Å²) in [7, 11) is 0. The number of hydrogen-bond acceptors (Lipinski definition) is 2. The quantitative estimate of drug-likeness (QED) is 0.671. The van der Waals surface area contributed by atoms with Crippen molar-refractivity contribution in [2.45, 2.75) is 26.2 Å². The fourth-order valence-electron chi connectivity index (χ4n) is 0.858. The van der Waals surface area contributed by atoms with Crippen LogP contribution in [0.1, 0.15) is 26.3 Å². The smallest absolute Gasteiger partial charge is 0.0632 e. The van der Waals surface area contributed by atoms with Crippen molar-refractivity contribution in [3.8, 4) is 0 Å². The first-order valence-electron chi connectivity index (χ1n) is 3.48. The van der Waals surface area contributed by atoms with Crippen molar-refractivity contribution in [2.24, 2.45) is 0 Å². The number of nitrogens with zero attached hydrogens (tertiary/aromatic N) is 2. The highest BCUT2D eigenvalue weighted by Crippen LogP contribution is 2.24. The lowest BCUT2D eigenvalue weighted by Gasteiger charge is -2.19. The zero-order chi connectivity index (χ0) is 8.48. The zero-order valence-corrected chi connectivity index (χ0v) is 9.08. The minimum atomic E-state index is 0.173. The van der Waals surface area contributed by atoms with Gasteiger partial charge in [0.2, 0.25) is 0 Å². The third kappa shape index (κ3) is 2.12. The van der Waals surface area contributed by atoms with Gasteiger partial charge in [-0.1, -0.05) is 20.8 Å². The lowest BCUT2D eigenvalue weighted by atomic mass is 9.89. The second-order valence-electron chi connectivity index (χ2n) is 3.50. The molecule has 60 valence electrons. The molecule has 0 aliphatic heterocycles. The molecule has 0 amide bonds. The Balaban J connectivity index is 3.14. The minimum Gasteiger partial charge on any atom is -0.159 e. The molecule has 1 rings (SSSR count). The van der Waals surface area contributed by atoms with Crippen LogP contribution in [0.3, 0.4) is 0 Å². The van der Waals surface area contributed by atoms with Gasteiger partial charge < -0.3 is 0 Å². The number of hydrogen-bond donors (Lipinski definition) is 0. The highest BCUT2D eigenvalue weighted by atomic mass is 127. The van der Waals surface area contributed by atoms with Crippen molar-refractivity contribution >= 4 is 22.6 Å². The molecule has 1 heterocycles. The Kier molecular flexibility index (Phi) is 2.47. The first-order valence-corrected chi connectivity index (χ1v) is 4.56. The highest BCUT2D eigenvalue weighted by Gasteiger charge is 2.16. The summed E-state index contributed by atoms with van der Waals surface area (Å²) in [4.78, 5) is 0. The molecule has 1 aromatic heterocycles. The molecule has 0 fully saturated rings. The van der Waals surface area contributed by atoms with Gasteiger partial charge >= 0.3 is 0 Å². The van der Waals surface area contributed by atoms with Crippen molar-refractivity contribution < 1.29 is 0 Å². The Morgan fingerprint density at radius 1 is 1.18 bits per heavy atom. The lowest BCUT2D eigenvalue weighted by molar-refractivity contribution is 0.580. The molecule has 0 saturated heterocycles. The summed E-state index contributed by atoms with van der Waals surface area (Å²) in [5, 5.41) is 7.66. The van der Waals surface area contributed by atoms with Crippen LogP contribution in [0.15, 0.2) is 12.4 Å². The number of halogens is 1. The Morgan fingerprint density at radius 3 is 2.09 bits per heavy atom. The largest absolute Gasteiger partial charge is 0.159 e. The first kappa shape index (κ1) is 8.90. The molecule has 0 aliphatic carbocycles. The van der Waals surface area contributed by atoms with Gasteiger partial charge in [0.1, 0.15) is 0 Å². The van der Waals surface area contributed by atoms with Crippen molar-refractivity contribution in [1.82, 2.24) is 10.2 Å². The van der Waals surface area contributed by atoms with Gasteiger partial charge in [-0.2, -0.15) is 10.2 Å². The van der Waals surface area contributed by atoms with Gasteiger partial charge in [0.05, 0.1) is 12.4 Å². The Labute approximate surface area is 80.6 Å². The van der Waals surface area contributed by atoms with Crippen molar-refractivity contribution in [3.05, 3.63) is 21.5 Å². The van der Waals surface area contributed by atoms with E-state index in [1.165, 1.54) is 9.13 Å². The van der Waals surface area contributed by atoms with Crippen LogP contribution in [-0.2, 0) is 5.41 Å². The maximum absolute atomic E-state index is 3.86. The van der Waals surface area contributed by atoms with Gasteiger partial charge in [-0.25, -0.2) is 0 Å². The summed E-state index contributed by atoms with van der Waals surface area (Å²) in [6.45, 7) is 6.52. The first-order chi connectivity index (χ1) is 5.02. The molecule has 0 radical (unpaired) electrons. The number of rotatable bonds is 0. The van der Waals surface area contributed by atoms with Crippen molar-refractivity contribution in [1.29, 1.82) is 0 Å².